The zero-order valence-electron chi connectivity index (χ0n) is 9.93. The minimum atomic E-state index is -1.61. The van der Waals surface area contributed by atoms with Gasteiger partial charge in [0.1, 0.15) is 5.82 Å². The number of rotatable bonds is 5. The Morgan fingerprint density at radius 1 is 1.41 bits per heavy atom. The van der Waals surface area contributed by atoms with E-state index in [1.54, 1.807) is 12.1 Å². The fourth-order valence-corrected chi connectivity index (χ4v) is 2.01. The van der Waals surface area contributed by atoms with Gasteiger partial charge in [-0.2, -0.15) is 0 Å². The van der Waals surface area contributed by atoms with Gasteiger partial charge in [0.05, 0.1) is 0 Å². The Balaban J connectivity index is 2.10. The SMILES string of the molecule is CCN(Cc1ccc(B(O)O)cc1F)C1CC1. The standard InChI is InChI=1S/C12H17BFNO2/c1-2-15(11-5-6-11)8-9-3-4-10(13(16)17)7-12(9)14/h3-4,7,11,16-17H,2,5-6,8H2,1H3. The van der Waals surface area contributed by atoms with E-state index in [1.165, 1.54) is 18.9 Å². The van der Waals surface area contributed by atoms with E-state index in [4.69, 9.17) is 10.0 Å². The lowest BCUT2D eigenvalue weighted by atomic mass is 9.80. The predicted octanol–water partition coefficient (Wildman–Crippen LogP) is 0.490. The first-order valence-electron chi connectivity index (χ1n) is 6.00. The summed E-state index contributed by atoms with van der Waals surface area (Å²) in [6.07, 6.45) is 2.39. The van der Waals surface area contributed by atoms with Crippen molar-refractivity contribution < 1.29 is 14.4 Å². The van der Waals surface area contributed by atoms with Gasteiger partial charge in [-0.15, -0.1) is 0 Å². The quantitative estimate of drug-likeness (QED) is 0.732. The van der Waals surface area contributed by atoms with Crippen LogP contribution >= 0.6 is 0 Å². The largest absolute Gasteiger partial charge is 0.488 e. The molecule has 5 heteroatoms. The molecule has 3 nitrogen and oxygen atoms in total. The summed E-state index contributed by atoms with van der Waals surface area (Å²) in [5.74, 6) is -0.366. The molecule has 2 N–H and O–H groups in total. The fourth-order valence-electron chi connectivity index (χ4n) is 2.01. The molecule has 0 aliphatic heterocycles. The molecular weight excluding hydrogens is 220 g/mol. The van der Waals surface area contributed by atoms with Crippen LogP contribution < -0.4 is 5.46 Å². The van der Waals surface area contributed by atoms with Gasteiger partial charge in [-0.05, 0) is 30.9 Å². The first-order chi connectivity index (χ1) is 8.11. The van der Waals surface area contributed by atoms with Gasteiger partial charge < -0.3 is 10.0 Å². The number of benzene rings is 1. The number of halogens is 1. The number of hydrogen-bond donors (Lipinski definition) is 2. The van der Waals surface area contributed by atoms with Crippen LogP contribution in [0.4, 0.5) is 4.39 Å². The van der Waals surface area contributed by atoms with Crippen molar-refractivity contribution in [2.24, 2.45) is 0 Å². The first-order valence-corrected chi connectivity index (χ1v) is 6.00. The monoisotopic (exact) mass is 237 g/mol. The molecular formula is C12H17BFNO2. The second-order valence-corrected chi connectivity index (χ2v) is 4.52. The van der Waals surface area contributed by atoms with Gasteiger partial charge in [0, 0.05) is 18.2 Å². The molecule has 92 valence electrons. The zero-order chi connectivity index (χ0) is 12.4. The average molecular weight is 237 g/mol. The van der Waals surface area contributed by atoms with Crippen molar-refractivity contribution in [2.75, 3.05) is 6.54 Å². The Morgan fingerprint density at radius 2 is 2.12 bits per heavy atom. The Bertz CT molecular complexity index is 396. The lowest BCUT2D eigenvalue weighted by molar-refractivity contribution is 0.265. The van der Waals surface area contributed by atoms with Gasteiger partial charge in [0.25, 0.3) is 0 Å². The molecule has 0 radical (unpaired) electrons. The summed E-state index contributed by atoms with van der Waals surface area (Å²) in [7, 11) is -1.61. The molecule has 1 aromatic carbocycles. The molecule has 0 amide bonds. The highest BCUT2D eigenvalue weighted by atomic mass is 19.1. The van der Waals surface area contributed by atoms with Crippen LogP contribution in [0.25, 0.3) is 0 Å². The van der Waals surface area contributed by atoms with Gasteiger partial charge >= 0.3 is 7.12 Å². The van der Waals surface area contributed by atoms with Crippen molar-refractivity contribution in [3.05, 3.63) is 29.6 Å². The van der Waals surface area contributed by atoms with Crippen LogP contribution in [0.5, 0.6) is 0 Å². The van der Waals surface area contributed by atoms with Crippen LogP contribution in [-0.4, -0.2) is 34.7 Å². The van der Waals surface area contributed by atoms with Gasteiger partial charge in [-0.3, -0.25) is 4.90 Å². The summed E-state index contributed by atoms with van der Waals surface area (Å²) in [5, 5.41) is 17.9. The van der Waals surface area contributed by atoms with Crippen molar-refractivity contribution in [3.63, 3.8) is 0 Å². The zero-order valence-corrected chi connectivity index (χ0v) is 9.93. The van der Waals surface area contributed by atoms with Crippen LogP contribution in [-0.2, 0) is 6.54 Å². The molecule has 0 atom stereocenters. The third-order valence-corrected chi connectivity index (χ3v) is 3.22. The molecule has 0 unspecified atom stereocenters. The molecule has 0 heterocycles. The molecule has 17 heavy (non-hydrogen) atoms. The first kappa shape index (κ1) is 12.5. The summed E-state index contributed by atoms with van der Waals surface area (Å²) in [4.78, 5) is 2.24. The predicted molar refractivity (Wildman–Crippen MR) is 65.3 cm³/mol. The maximum absolute atomic E-state index is 13.7. The van der Waals surface area contributed by atoms with Gasteiger partial charge in [0.15, 0.2) is 0 Å². The lowest BCUT2D eigenvalue weighted by Gasteiger charge is -2.20. The molecule has 0 aromatic heterocycles. The summed E-state index contributed by atoms with van der Waals surface area (Å²) in [6, 6.07) is 4.99. The maximum Gasteiger partial charge on any atom is 0.488 e. The van der Waals surface area contributed by atoms with E-state index < -0.39 is 7.12 Å². The Labute approximate surface area is 101 Å². The van der Waals surface area contributed by atoms with E-state index in [-0.39, 0.29) is 11.3 Å². The Morgan fingerprint density at radius 3 is 2.59 bits per heavy atom. The van der Waals surface area contributed by atoms with E-state index in [0.29, 0.717) is 18.2 Å². The molecule has 1 aromatic rings. The Kier molecular flexibility index (Phi) is 3.81. The van der Waals surface area contributed by atoms with Crippen LogP contribution in [0, 0.1) is 5.82 Å². The lowest BCUT2D eigenvalue weighted by Crippen LogP contribution is -2.31. The molecule has 1 fully saturated rings. The Hall–Kier alpha value is -0.905. The van der Waals surface area contributed by atoms with Crippen LogP contribution in [0.2, 0.25) is 0 Å². The minimum Gasteiger partial charge on any atom is -0.423 e. The highest BCUT2D eigenvalue weighted by molar-refractivity contribution is 6.58. The molecule has 0 spiro atoms. The third-order valence-electron chi connectivity index (χ3n) is 3.22. The average Bonchev–Trinajstić information content (AvgIpc) is 3.11. The minimum absolute atomic E-state index is 0.195. The maximum atomic E-state index is 13.7. The van der Waals surface area contributed by atoms with E-state index >= 15 is 0 Å². The highest BCUT2D eigenvalue weighted by Crippen LogP contribution is 2.28. The normalized spacial score (nSPS) is 15.4. The number of nitrogens with zero attached hydrogens (tertiary/aromatic N) is 1. The molecule has 1 saturated carbocycles. The van der Waals surface area contributed by atoms with Crippen LogP contribution in [0.15, 0.2) is 18.2 Å². The van der Waals surface area contributed by atoms with Crippen molar-refractivity contribution in [1.29, 1.82) is 0 Å². The van der Waals surface area contributed by atoms with E-state index in [0.717, 1.165) is 6.54 Å². The molecule has 1 aliphatic carbocycles. The summed E-state index contributed by atoms with van der Waals surface area (Å²) in [6.45, 7) is 3.57. The summed E-state index contributed by atoms with van der Waals surface area (Å²) in [5.41, 5.74) is 0.809. The molecule has 2 rings (SSSR count). The summed E-state index contributed by atoms with van der Waals surface area (Å²) < 4.78 is 13.7. The number of hydrogen-bond acceptors (Lipinski definition) is 3. The smallest absolute Gasteiger partial charge is 0.423 e. The fraction of sp³-hybridized carbons (Fsp3) is 0.500. The van der Waals surface area contributed by atoms with E-state index in [1.807, 2.05) is 0 Å². The molecule has 1 aliphatic rings. The second kappa shape index (κ2) is 5.17. The van der Waals surface area contributed by atoms with Gasteiger partial charge in [-0.25, -0.2) is 4.39 Å². The third kappa shape index (κ3) is 3.06. The van der Waals surface area contributed by atoms with Crippen LogP contribution in [0.3, 0.4) is 0 Å². The molecule has 0 bridgehead atoms. The van der Waals surface area contributed by atoms with Gasteiger partial charge in [0.2, 0.25) is 0 Å². The summed E-state index contributed by atoms with van der Waals surface area (Å²) >= 11 is 0. The van der Waals surface area contributed by atoms with E-state index in [2.05, 4.69) is 11.8 Å². The van der Waals surface area contributed by atoms with Crippen molar-refractivity contribution in [1.82, 2.24) is 4.90 Å². The van der Waals surface area contributed by atoms with Crippen molar-refractivity contribution in [3.8, 4) is 0 Å². The second-order valence-electron chi connectivity index (χ2n) is 4.52. The van der Waals surface area contributed by atoms with Crippen LogP contribution in [0.1, 0.15) is 25.3 Å². The molecule has 0 saturated heterocycles. The topological polar surface area (TPSA) is 43.7 Å². The highest BCUT2D eigenvalue weighted by Gasteiger charge is 2.28. The van der Waals surface area contributed by atoms with Crippen molar-refractivity contribution in [2.45, 2.75) is 32.4 Å². The van der Waals surface area contributed by atoms with E-state index in [9.17, 15) is 4.39 Å². The van der Waals surface area contributed by atoms with Gasteiger partial charge in [-0.1, -0.05) is 19.1 Å². The van der Waals surface area contributed by atoms with Crippen molar-refractivity contribution >= 4 is 12.6 Å².